The molecule has 46 heavy (non-hydrogen) atoms. The molecule has 20 heteroatoms. The first-order valence-electron chi connectivity index (χ1n) is 14.4. The number of ether oxygens (including phenoxy) is 4. The largest absolute Gasteiger partial charge is 0.475 e. The summed E-state index contributed by atoms with van der Waals surface area (Å²) in [7, 11) is -4.97. The number of aromatic nitrogens is 4. The Hall–Kier alpha value is -2.90. The van der Waals surface area contributed by atoms with Crippen LogP contribution in [0.3, 0.4) is 0 Å². The molecule has 2 aromatic rings. The minimum absolute atomic E-state index is 0.0960. The van der Waals surface area contributed by atoms with Gasteiger partial charge in [-0.3, -0.25) is 42.3 Å². The third-order valence-corrected chi connectivity index (χ3v) is 8.59. The molecule has 2 saturated heterocycles. The van der Waals surface area contributed by atoms with Crippen LogP contribution in [0.15, 0.2) is 31.6 Å². The quantitative estimate of drug-likeness (QED) is 0.275. The molecule has 0 unspecified atom stereocenters. The highest BCUT2D eigenvalue weighted by Gasteiger charge is 2.44. The second-order valence-corrected chi connectivity index (χ2v) is 12.3. The highest BCUT2D eigenvalue weighted by atomic mass is 31.2. The van der Waals surface area contributed by atoms with Gasteiger partial charge < -0.3 is 18.9 Å². The third kappa shape index (κ3) is 8.92. The van der Waals surface area contributed by atoms with E-state index in [-0.39, 0.29) is 37.2 Å². The summed E-state index contributed by atoms with van der Waals surface area (Å²) in [4.78, 5) is 52.7. The number of nitrogens with one attached hydrogen (secondary N) is 2. The molecule has 0 aromatic carbocycles. The van der Waals surface area contributed by atoms with E-state index in [0.29, 0.717) is 0 Å². The summed E-state index contributed by atoms with van der Waals surface area (Å²) < 4.78 is 93.5. The summed E-state index contributed by atoms with van der Waals surface area (Å²) in [5, 5.41) is 0. The van der Waals surface area contributed by atoms with Gasteiger partial charge in [-0.15, -0.1) is 0 Å². The number of nitrogens with zero attached hydrogens (tertiary/aromatic N) is 2. The van der Waals surface area contributed by atoms with Crippen LogP contribution >= 0.6 is 7.82 Å². The second kappa shape index (κ2) is 14.9. The number of phosphoric acid groups is 1. The van der Waals surface area contributed by atoms with Crippen LogP contribution in [0.4, 0.5) is 13.2 Å². The molecule has 0 saturated carbocycles. The highest BCUT2D eigenvalue weighted by molar-refractivity contribution is 7.48. The normalized spacial score (nSPS) is 25.4. The topological polar surface area (TPSA) is 191 Å². The molecule has 2 fully saturated rings. The number of phosphoric ester groups is 1. The van der Waals surface area contributed by atoms with Gasteiger partial charge in [0.05, 0.1) is 25.4 Å². The van der Waals surface area contributed by atoms with Crippen molar-refractivity contribution in [1.82, 2.24) is 19.1 Å². The van der Waals surface area contributed by atoms with Gasteiger partial charge in [-0.05, 0) is 27.7 Å². The van der Waals surface area contributed by atoms with Crippen molar-refractivity contribution in [2.24, 2.45) is 0 Å². The maximum absolute atomic E-state index is 13.5. The molecule has 258 valence electrons. The summed E-state index contributed by atoms with van der Waals surface area (Å²) in [5.74, 6) is 0. The van der Waals surface area contributed by atoms with Gasteiger partial charge in [0.15, 0.2) is 6.61 Å². The predicted octanol–water partition coefficient (Wildman–Crippen LogP) is 1.81. The van der Waals surface area contributed by atoms with Crippen molar-refractivity contribution in [2.45, 2.75) is 83.6 Å². The average molecular weight is 685 g/mol. The van der Waals surface area contributed by atoms with Gasteiger partial charge in [0.1, 0.15) is 24.7 Å². The van der Waals surface area contributed by atoms with Crippen LogP contribution in [0.5, 0.6) is 0 Å². The average Bonchev–Trinajstić information content (AvgIpc) is 3.57. The molecule has 0 radical (unpaired) electrons. The zero-order chi connectivity index (χ0) is 33.8. The number of aryl methyl sites for hydroxylation is 2. The summed E-state index contributed by atoms with van der Waals surface area (Å²) in [5.41, 5.74) is -2.19. The number of halogens is 3. The molecule has 0 aliphatic carbocycles. The number of rotatable bonds is 14. The maximum atomic E-state index is 13.5. The van der Waals surface area contributed by atoms with Crippen LogP contribution in [-0.2, 0) is 37.1 Å². The first kappa shape index (κ1) is 35.9. The monoisotopic (exact) mass is 684 g/mol. The van der Waals surface area contributed by atoms with Gasteiger partial charge in [0.25, 0.3) is 11.1 Å². The van der Waals surface area contributed by atoms with Crippen molar-refractivity contribution in [3.63, 3.8) is 0 Å². The summed E-state index contributed by atoms with van der Waals surface area (Å²) in [6, 6.07) is 0. The minimum atomic E-state index is -4.97. The molecule has 2 N–H and O–H groups in total. The van der Waals surface area contributed by atoms with Crippen LogP contribution < -0.4 is 22.5 Å². The van der Waals surface area contributed by atoms with Crippen LogP contribution in [0.25, 0.3) is 0 Å². The molecule has 0 spiro atoms. The number of hydrogen-bond acceptors (Lipinski definition) is 12. The fourth-order valence-corrected chi connectivity index (χ4v) is 6.20. The lowest BCUT2D eigenvalue weighted by Gasteiger charge is -2.25. The molecule has 2 aliphatic heterocycles. The van der Waals surface area contributed by atoms with Gasteiger partial charge >= 0.3 is 25.4 Å². The van der Waals surface area contributed by atoms with Gasteiger partial charge in [0, 0.05) is 49.6 Å². The van der Waals surface area contributed by atoms with Crippen molar-refractivity contribution in [3.8, 4) is 0 Å². The number of hydrogen-bond donors (Lipinski definition) is 2. The Morgan fingerprint density at radius 2 is 1.22 bits per heavy atom. The summed E-state index contributed by atoms with van der Waals surface area (Å²) >= 11 is 0. The van der Waals surface area contributed by atoms with E-state index in [1.807, 2.05) is 0 Å². The fourth-order valence-electron chi connectivity index (χ4n) is 5.01. The van der Waals surface area contributed by atoms with Crippen LogP contribution in [0.2, 0.25) is 0 Å². The van der Waals surface area contributed by atoms with Crippen molar-refractivity contribution in [1.29, 1.82) is 0 Å². The Labute approximate surface area is 259 Å². The number of H-pyrrole nitrogens is 2. The van der Waals surface area contributed by atoms with E-state index in [1.54, 1.807) is 13.8 Å². The Kier molecular flexibility index (Phi) is 11.6. The fraction of sp³-hybridized carbons (Fsp3) is 0.692. The Bertz CT molecular complexity index is 1530. The zero-order valence-corrected chi connectivity index (χ0v) is 26.3. The Morgan fingerprint density at radius 1 is 0.804 bits per heavy atom. The van der Waals surface area contributed by atoms with Gasteiger partial charge in [0.2, 0.25) is 0 Å². The maximum Gasteiger partial charge on any atom is 0.475 e. The van der Waals surface area contributed by atoms with Crippen molar-refractivity contribution >= 4 is 7.82 Å². The highest BCUT2D eigenvalue weighted by Crippen LogP contribution is 2.52. The molecular formula is C26H36F3N4O12P. The molecule has 16 nitrogen and oxygen atoms in total. The van der Waals surface area contributed by atoms with E-state index >= 15 is 0 Å². The molecule has 2 aromatic heterocycles. The Morgan fingerprint density at radius 3 is 1.59 bits per heavy atom. The van der Waals surface area contributed by atoms with E-state index < -0.39 is 93.2 Å². The number of aromatic amines is 2. The van der Waals surface area contributed by atoms with E-state index in [2.05, 4.69) is 14.5 Å². The predicted molar refractivity (Wildman–Crippen MR) is 152 cm³/mol. The standard InChI is InChI=1S/C26H36F3N4O12P/c1-5-39-16-7-20(32-9-14(3)22(34)30-24(32)36)44-18(16)11-41-46(38,43-13-26(27,28)29)42-12-19-17(40-6-2)8-21(45-19)33-10-15(4)23(35)31-25(33)37/h9-10,16-21H,5-8,11-13H2,1-4H3,(H,30,34,36)(H,31,35,37)/t16-,17-,18+,19+,20+,21+/m0/s1. The SMILES string of the molecule is CCO[C@H]1C[C@H](n2cc(C)c(=O)[nH]c2=O)O[C@@H]1COP(=O)(OC[C@H]1O[C@@H](n2cc(C)c(=O)[nH]c2=O)C[C@@H]1OCC)OCC(F)(F)F. The lowest BCUT2D eigenvalue weighted by atomic mass is 10.2. The van der Waals surface area contributed by atoms with E-state index in [0.717, 1.165) is 9.13 Å². The van der Waals surface area contributed by atoms with Crippen LogP contribution in [0.1, 0.15) is 50.3 Å². The zero-order valence-electron chi connectivity index (χ0n) is 25.4. The summed E-state index contributed by atoms with van der Waals surface area (Å²) in [6.45, 7) is 3.55. The molecule has 0 bridgehead atoms. The lowest BCUT2D eigenvalue weighted by molar-refractivity contribution is -0.160. The van der Waals surface area contributed by atoms with Crippen molar-refractivity contribution in [2.75, 3.05) is 33.0 Å². The lowest BCUT2D eigenvalue weighted by Crippen LogP contribution is -2.33. The smallest absolute Gasteiger partial charge is 0.376 e. The second-order valence-electron chi connectivity index (χ2n) is 10.6. The van der Waals surface area contributed by atoms with Crippen LogP contribution in [0, 0.1) is 13.8 Å². The molecule has 2 aliphatic rings. The van der Waals surface area contributed by atoms with E-state index in [4.69, 9.17) is 28.0 Å². The minimum Gasteiger partial charge on any atom is -0.376 e. The molecule has 4 heterocycles. The van der Waals surface area contributed by atoms with Gasteiger partial charge in [-0.25, -0.2) is 14.2 Å². The van der Waals surface area contributed by atoms with E-state index in [9.17, 15) is 36.9 Å². The molecule has 4 rings (SSSR count). The first-order valence-corrected chi connectivity index (χ1v) is 15.9. The first-order chi connectivity index (χ1) is 21.6. The third-order valence-electron chi connectivity index (χ3n) is 7.21. The molecule has 6 atom stereocenters. The van der Waals surface area contributed by atoms with E-state index in [1.165, 1.54) is 26.2 Å². The number of alkyl halides is 3. The van der Waals surface area contributed by atoms with Crippen LogP contribution in [-0.4, -0.2) is 82.7 Å². The summed E-state index contributed by atoms with van der Waals surface area (Å²) in [6.07, 6.45) is -7.55. The Balaban J connectivity index is 1.49. The van der Waals surface area contributed by atoms with Crippen molar-refractivity contribution in [3.05, 3.63) is 65.2 Å². The van der Waals surface area contributed by atoms with Gasteiger partial charge in [-0.2, -0.15) is 13.2 Å². The van der Waals surface area contributed by atoms with Gasteiger partial charge in [-0.1, -0.05) is 0 Å². The molecular weight excluding hydrogens is 648 g/mol. The molecule has 0 amide bonds. The van der Waals surface area contributed by atoms with Crippen molar-refractivity contribution < 1.29 is 50.3 Å².